The van der Waals surface area contributed by atoms with Crippen molar-refractivity contribution < 1.29 is 16.8 Å². The van der Waals surface area contributed by atoms with Gasteiger partial charge < -0.3 is 0 Å². The number of sulfone groups is 1. The molecule has 2 aromatic rings. The van der Waals surface area contributed by atoms with Crippen LogP contribution >= 0.6 is 11.3 Å². The zero-order valence-electron chi connectivity index (χ0n) is 12.9. The van der Waals surface area contributed by atoms with Crippen LogP contribution in [0.5, 0.6) is 0 Å². The molecule has 0 saturated carbocycles. The minimum atomic E-state index is -3.69. The summed E-state index contributed by atoms with van der Waals surface area (Å²) in [4.78, 5) is 0.807. The number of nitrogens with one attached hydrogen (secondary N) is 1. The van der Waals surface area contributed by atoms with Crippen molar-refractivity contribution in [3.63, 3.8) is 0 Å². The minimum absolute atomic E-state index is 0.0886. The van der Waals surface area contributed by atoms with E-state index in [1.807, 2.05) is 6.92 Å². The summed E-state index contributed by atoms with van der Waals surface area (Å²) in [7, 11) is -7.15. The van der Waals surface area contributed by atoms with E-state index in [1.165, 1.54) is 18.3 Å². The van der Waals surface area contributed by atoms with Crippen LogP contribution < -0.4 is 4.72 Å². The van der Waals surface area contributed by atoms with Gasteiger partial charge in [-0.3, -0.25) is 0 Å². The van der Waals surface area contributed by atoms with Crippen LogP contribution in [-0.4, -0.2) is 29.1 Å². The normalized spacial score (nSPS) is 13.8. The Morgan fingerprint density at radius 3 is 2.26 bits per heavy atom. The van der Waals surface area contributed by atoms with Crippen LogP contribution in [0.1, 0.15) is 22.6 Å². The molecule has 0 amide bonds. The second-order valence-corrected chi connectivity index (χ2v) is 10.3. The second kappa shape index (κ2) is 7.12. The van der Waals surface area contributed by atoms with Crippen molar-refractivity contribution in [2.24, 2.45) is 0 Å². The molecule has 0 bridgehead atoms. The van der Waals surface area contributed by atoms with Crippen molar-refractivity contribution in [2.75, 3.05) is 12.3 Å². The highest BCUT2D eigenvalue weighted by Gasteiger charge is 2.30. The van der Waals surface area contributed by atoms with Gasteiger partial charge in [-0.25, -0.2) is 21.6 Å². The molecule has 126 valence electrons. The van der Waals surface area contributed by atoms with E-state index < -0.39 is 25.1 Å². The number of hydrogen-bond acceptors (Lipinski definition) is 5. The van der Waals surface area contributed by atoms with Crippen LogP contribution in [0, 0.1) is 6.92 Å². The van der Waals surface area contributed by atoms with Crippen LogP contribution in [-0.2, 0) is 19.9 Å². The fourth-order valence-electron chi connectivity index (χ4n) is 2.03. The third-order valence-electron chi connectivity index (χ3n) is 3.45. The van der Waals surface area contributed by atoms with Crippen molar-refractivity contribution in [1.82, 2.24) is 4.72 Å². The molecule has 1 N–H and O–H groups in total. The molecule has 1 aromatic heterocycles. The number of hydrogen-bond donors (Lipinski definition) is 1. The summed E-state index contributed by atoms with van der Waals surface area (Å²) in [6.07, 6.45) is 0. The molecular weight excluding hydrogens is 354 g/mol. The quantitative estimate of drug-likeness (QED) is 0.809. The van der Waals surface area contributed by atoms with Crippen LogP contribution in [0.15, 0.2) is 46.7 Å². The van der Waals surface area contributed by atoms with Crippen molar-refractivity contribution in [1.29, 1.82) is 0 Å². The van der Waals surface area contributed by atoms with E-state index in [9.17, 15) is 16.8 Å². The lowest BCUT2D eigenvalue weighted by Crippen LogP contribution is -2.32. The highest BCUT2D eigenvalue weighted by Crippen LogP contribution is 2.31. The third kappa shape index (κ3) is 4.41. The Kier molecular flexibility index (Phi) is 5.61. The van der Waals surface area contributed by atoms with Gasteiger partial charge in [0, 0.05) is 11.4 Å². The lowest BCUT2D eigenvalue weighted by Gasteiger charge is -2.17. The Morgan fingerprint density at radius 2 is 1.74 bits per heavy atom. The fourth-order valence-corrected chi connectivity index (χ4v) is 5.55. The molecule has 1 heterocycles. The first-order valence-corrected chi connectivity index (χ1v) is 11.2. The van der Waals surface area contributed by atoms with Gasteiger partial charge in [0.1, 0.15) is 5.25 Å². The molecule has 0 aliphatic carbocycles. The summed E-state index contributed by atoms with van der Waals surface area (Å²) in [6.45, 7) is 3.21. The van der Waals surface area contributed by atoms with E-state index in [1.54, 1.807) is 41.8 Å². The van der Waals surface area contributed by atoms with Crippen molar-refractivity contribution in [3.8, 4) is 0 Å². The largest absolute Gasteiger partial charge is 0.223 e. The smallest absolute Gasteiger partial charge is 0.211 e. The van der Waals surface area contributed by atoms with Crippen LogP contribution in [0.2, 0.25) is 0 Å². The van der Waals surface area contributed by atoms with Gasteiger partial charge in [0.05, 0.1) is 10.6 Å². The van der Waals surface area contributed by atoms with E-state index in [2.05, 4.69) is 4.72 Å². The highest BCUT2D eigenvalue weighted by atomic mass is 32.2. The molecule has 1 atom stereocenters. The Balaban J connectivity index is 2.39. The third-order valence-corrected chi connectivity index (χ3v) is 8.05. The standard InChI is InChI=1S/C15H19NO4S3/c1-3-22(17,18)16-11-15(14-5-4-10-21-14)23(19,20)13-8-6-12(2)7-9-13/h4-10,15-16H,3,11H2,1-2H3. The second-order valence-electron chi connectivity index (χ2n) is 5.11. The van der Waals surface area contributed by atoms with E-state index >= 15 is 0 Å². The summed E-state index contributed by atoms with van der Waals surface area (Å²) in [5, 5.41) is 0.841. The average molecular weight is 374 g/mol. The molecule has 0 saturated heterocycles. The number of benzene rings is 1. The van der Waals surface area contributed by atoms with Gasteiger partial charge in [0.15, 0.2) is 9.84 Å². The maximum absolute atomic E-state index is 12.9. The van der Waals surface area contributed by atoms with Crippen molar-refractivity contribution in [2.45, 2.75) is 24.0 Å². The molecule has 1 unspecified atom stereocenters. The molecule has 8 heteroatoms. The number of rotatable bonds is 7. The zero-order valence-corrected chi connectivity index (χ0v) is 15.3. The van der Waals surface area contributed by atoms with E-state index in [4.69, 9.17) is 0 Å². The van der Waals surface area contributed by atoms with E-state index in [-0.39, 0.29) is 17.2 Å². The van der Waals surface area contributed by atoms with Crippen molar-refractivity contribution in [3.05, 3.63) is 52.2 Å². The van der Waals surface area contributed by atoms with Gasteiger partial charge in [0.2, 0.25) is 10.0 Å². The van der Waals surface area contributed by atoms with Gasteiger partial charge in [-0.1, -0.05) is 23.8 Å². The minimum Gasteiger partial charge on any atom is -0.223 e. The fraction of sp³-hybridized carbons (Fsp3) is 0.333. The number of aryl methyl sites for hydroxylation is 1. The lowest BCUT2D eigenvalue weighted by atomic mass is 10.2. The topological polar surface area (TPSA) is 80.3 Å². The van der Waals surface area contributed by atoms with Gasteiger partial charge in [-0.05, 0) is 37.4 Å². The molecule has 23 heavy (non-hydrogen) atoms. The predicted molar refractivity (Wildman–Crippen MR) is 92.9 cm³/mol. The Morgan fingerprint density at radius 1 is 1.09 bits per heavy atom. The van der Waals surface area contributed by atoms with E-state index in [0.29, 0.717) is 4.88 Å². The first kappa shape index (κ1) is 18.1. The van der Waals surface area contributed by atoms with Crippen LogP contribution in [0.25, 0.3) is 0 Å². The Labute approximate surface area is 141 Å². The first-order chi connectivity index (χ1) is 10.8. The first-order valence-electron chi connectivity index (χ1n) is 7.07. The molecule has 1 aromatic carbocycles. The maximum Gasteiger partial charge on any atom is 0.211 e. The van der Waals surface area contributed by atoms with Crippen LogP contribution in [0.4, 0.5) is 0 Å². The van der Waals surface area contributed by atoms with E-state index in [0.717, 1.165) is 5.56 Å². The number of thiophene rings is 1. The molecule has 0 fully saturated rings. The summed E-state index contributed by atoms with van der Waals surface area (Å²) in [6, 6.07) is 10.0. The van der Waals surface area contributed by atoms with Gasteiger partial charge in [-0.2, -0.15) is 0 Å². The Hall–Kier alpha value is -1.22. The van der Waals surface area contributed by atoms with Crippen molar-refractivity contribution >= 4 is 31.2 Å². The summed E-state index contributed by atoms with van der Waals surface area (Å²) < 4.78 is 51.6. The zero-order chi connectivity index (χ0) is 17.1. The number of sulfonamides is 1. The molecule has 5 nitrogen and oxygen atoms in total. The van der Waals surface area contributed by atoms with Gasteiger partial charge in [0.25, 0.3) is 0 Å². The summed E-state index contributed by atoms with van der Waals surface area (Å²) in [5.41, 5.74) is 0.961. The highest BCUT2D eigenvalue weighted by molar-refractivity contribution is 7.92. The van der Waals surface area contributed by atoms with Gasteiger partial charge >= 0.3 is 0 Å². The molecule has 0 aliphatic rings. The van der Waals surface area contributed by atoms with Gasteiger partial charge in [-0.15, -0.1) is 11.3 Å². The average Bonchev–Trinajstić information content (AvgIpc) is 3.01. The molecule has 0 aliphatic heterocycles. The van der Waals surface area contributed by atoms with Crippen LogP contribution in [0.3, 0.4) is 0 Å². The maximum atomic E-state index is 12.9. The molecule has 0 spiro atoms. The Bertz CT molecular complexity index is 839. The SMILES string of the molecule is CCS(=O)(=O)NCC(c1cccs1)S(=O)(=O)c1ccc(C)cc1. The molecule has 0 radical (unpaired) electrons. The molecular formula is C15H19NO4S3. The summed E-state index contributed by atoms with van der Waals surface area (Å²) >= 11 is 1.30. The lowest BCUT2D eigenvalue weighted by molar-refractivity contribution is 0.570. The summed E-state index contributed by atoms with van der Waals surface area (Å²) in [5.74, 6) is -0.0886. The monoisotopic (exact) mass is 373 g/mol. The predicted octanol–water partition coefficient (Wildman–Crippen LogP) is 2.51. The molecule has 2 rings (SSSR count).